The van der Waals surface area contributed by atoms with Crippen molar-refractivity contribution in [2.45, 2.75) is 4.90 Å². The van der Waals surface area contributed by atoms with Crippen LogP contribution in [-0.4, -0.2) is 18.6 Å². The molecule has 0 radical (unpaired) electrons. The lowest BCUT2D eigenvalue weighted by molar-refractivity contribution is 0.601. The molecule has 19 heavy (non-hydrogen) atoms. The van der Waals surface area contributed by atoms with Crippen molar-refractivity contribution in [2.75, 3.05) is 4.72 Å². The van der Waals surface area contributed by atoms with Gasteiger partial charge in [-0.25, -0.2) is 8.42 Å². The van der Waals surface area contributed by atoms with Crippen LogP contribution in [0.2, 0.25) is 10.0 Å². The summed E-state index contributed by atoms with van der Waals surface area (Å²) in [5, 5.41) is 15.1. The minimum atomic E-state index is -3.90. The highest BCUT2D eigenvalue weighted by atomic mass is 35.5. The van der Waals surface area contributed by atoms with E-state index >= 15 is 0 Å². The predicted molar refractivity (Wildman–Crippen MR) is 70.6 cm³/mol. The molecule has 0 bridgehead atoms. The van der Waals surface area contributed by atoms with Gasteiger partial charge in [-0.05, 0) is 18.2 Å². The topological polar surface area (TPSA) is 98.6 Å². The largest absolute Gasteiger partial charge is 0.263 e. The van der Waals surface area contributed by atoms with Gasteiger partial charge in [-0.15, -0.1) is 0 Å². The molecule has 6 nitrogen and oxygen atoms in total. The monoisotopic (exact) mass is 316 g/mol. The van der Waals surface area contributed by atoms with Gasteiger partial charge in [0.1, 0.15) is 11.6 Å². The zero-order valence-corrected chi connectivity index (χ0v) is 11.5. The molecule has 0 atom stereocenters. The summed E-state index contributed by atoms with van der Waals surface area (Å²) in [7, 11) is -3.90. The number of nitriles is 1. The SMILES string of the molecule is N#Cc1cn[nH]c1NS(=O)(=O)c1cc(Cl)cc(Cl)c1. The Morgan fingerprint density at radius 3 is 2.47 bits per heavy atom. The second-order valence-corrected chi connectivity index (χ2v) is 6.04. The molecule has 2 N–H and O–H groups in total. The number of rotatable bonds is 3. The second kappa shape index (κ2) is 5.09. The van der Waals surface area contributed by atoms with Gasteiger partial charge in [0.05, 0.1) is 11.1 Å². The molecule has 1 aromatic heterocycles. The van der Waals surface area contributed by atoms with Crippen molar-refractivity contribution < 1.29 is 8.42 Å². The van der Waals surface area contributed by atoms with Crippen LogP contribution in [0.1, 0.15) is 5.56 Å². The fourth-order valence-electron chi connectivity index (χ4n) is 1.33. The van der Waals surface area contributed by atoms with Crippen LogP contribution in [0.5, 0.6) is 0 Å². The first kappa shape index (κ1) is 13.7. The van der Waals surface area contributed by atoms with E-state index in [-0.39, 0.29) is 26.3 Å². The van der Waals surface area contributed by atoms with Crippen molar-refractivity contribution in [1.82, 2.24) is 10.2 Å². The quantitative estimate of drug-likeness (QED) is 0.908. The van der Waals surface area contributed by atoms with Crippen LogP contribution in [0.4, 0.5) is 5.82 Å². The molecule has 0 saturated carbocycles. The zero-order valence-electron chi connectivity index (χ0n) is 9.18. The average molecular weight is 317 g/mol. The second-order valence-electron chi connectivity index (χ2n) is 3.48. The van der Waals surface area contributed by atoms with Crippen molar-refractivity contribution in [1.29, 1.82) is 5.26 Å². The molecule has 0 aliphatic carbocycles. The summed E-state index contributed by atoms with van der Waals surface area (Å²) in [6, 6.07) is 5.71. The van der Waals surface area contributed by atoms with Gasteiger partial charge >= 0.3 is 0 Å². The first-order valence-electron chi connectivity index (χ1n) is 4.85. The van der Waals surface area contributed by atoms with E-state index < -0.39 is 10.0 Å². The fraction of sp³-hybridized carbons (Fsp3) is 0. The molecule has 2 rings (SSSR count). The van der Waals surface area contributed by atoms with E-state index in [2.05, 4.69) is 14.9 Å². The van der Waals surface area contributed by atoms with Crippen molar-refractivity contribution in [2.24, 2.45) is 0 Å². The number of sulfonamides is 1. The van der Waals surface area contributed by atoms with Crippen LogP contribution in [0.25, 0.3) is 0 Å². The van der Waals surface area contributed by atoms with Gasteiger partial charge < -0.3 is 0 Å². The Morgan fingerprint density at radius 1 is 1.26 bits per heavy atom. The molecule has 1 aromatic carbocycles. The molecule has 0 aliphatic heterocycles. The van der Waals surface area contributed by atoms with Crippen LogP contribution in [0.3, 0.4) is 0 Å². The standard InChI is InChI=1S/C10H6Cl2N4O2S/c11-7-1-8(12)3-9(2-7)19(17,18)16-10-6(4-13)5-14-15-10/h1-3,5H,(H2,14,15,16). The van der Waals surface area contributed by atoms with E-state index in [1.807, 2.05) is 0 Å². The third-order valence-electron chi connectivity index (χ3n) is 2.14. The maximum Gasteiger partial charge on any atom is 0.263 e. The van der Waals surface area contributed by atoms with E-state index in [1.54, 1.807) is 6.07 Å². The maximum absolute atomic E-state index is 12.1. The molecular weight excluding hydrogens is 311 g/mol. The predicted octanol–water partition coefficient (Wildman–Crippen LogP) is 2.39. The van der Waals surface area contributed by atoms with Gasteiger partial charge in [-0.2, -0.15) is 10.4 Å². The Bertz CT molecular complexity index is 744. The minimum Gasteiger partial charge on any atom is -0.263 e. The average Bonchev–Trinajstić information content (AvgIpc) is 2.74. The Labute approximate surface area is 119 Å². The van der Waals surface area contributed by atoms with Gasteiger partial charge in [0.2, 0.25) is 0 Å². The first-order chi connectivity index (χ1) is 8.92. The summed E-state index contributed by atoms with van der Waals surface area (Å²) in [6.07, 6.45) is 1.21. The highest BCUT2D eigenvalue weighted by Crippen LogP contribution is 2.24. The highest BCUT2D eigenvalue weighted by molar-refractivity contribution is 7.92. The van der Waals surface area contributed by atoms with Gasteiger partial charge in [-0.3, -0.25) is 9.82 Å². The van der Waals surface area contributed by atoms with Gasteiger partial charge in [-0.1, -0.05) is 23.2 Å². The zero-order chi connectivity index (χ0) is 14.0. The number of nitrogens with zero attached hydrogens (tertiary/aromatic N) is 2. The van der Waals surface area contributed by atoms with Crippen LogP contribution in [-0.2, 0) is 10.0 Å². The normalized spacial score (nSPS) is 11.0. The summed E-state index contributed by atoms with van der Waals surface area (Å²) in [4.78, 5) is -0.108. The molecule has 98 valence electrons. The minimum absolute atomic E-state index is 0.0152. The Morgan fingerprint density at radius 2 is 1.89 bits per heavy atom. The molecule has 0 unspecified atom stereocenters. The van der Waals surface area contributed by atoms with Crippen LogP contribution >= 0.6 is 23.2 Å². The molecular formula is C10H6Cl2N4O2S. The summed E-state index contributed by atoms with van der Waals surface area (Å²) in [6.45, 7) is 0. The lowest BCUT2D eigenvalue weighted by atomic mass is 10.4. The number of halogens is 2. The third kappa shape index (κ3) is 2.98. The number of aromatic amines is 1. The summed E-state index contributed by atoms with van der Waals surface area (Å²) in [5.74, 6) is -0.0152. The molecule has 9 heteroatoms. The number of nitrogens with one attached hydrogen (secondary N) is 2. The summed E-state index contributed by atoms with van der Waals surface area (Å²) < 4.78 is 26.4. The Balaban J connectivity index is 2.41. The van der Waals surface area contributed by atoms with Crippen LogP contribution in [0.15, 0.2) is 29.3 Å². The van der Waals surface area contributed by atoms with E-state index in [0.717, 1.165) is 0 Å². The number of anilines is 1. The Kier molecular flexibility index (Phi) is 3.66. The fourth-order valence-corrected chi connectivity index (χ4v) is 3.09. The summed E-state index contributed by atoms with van der Waals surface area (Å²) >= 11 is 11.5. The molecule has 0 spiro atoms. The van der Waals surface area contributed by atoms with Crippen LogP contribution in [0, 0.1) is 11.3 Å². The van der Waals surface area contributed by atoms with Crippen molar-refractivity contribution in [3.63, 3.8) is 0 Å². The Hall–Kier alpha value is -1.75. The van der Waals surface area contributed by atoms with E-state index in [9.17, 15) is 8.42 Å². The number of benzene rings is 1. The lowest BCUT2D eigenvalue weighted by Gasteiger charge is -2.07. The maximum atomic E-state index is 12.1. The number of hydrogen-bond acceptors (Lipinski definition) is 4. The molecule has 0 aliphatic rings. The number of aromatic nitrogens is 2. The third-order valence-corrected chi connectivity index (χ3v) is 3.91. The van der Waals surface area contributed by atoms with Gasteiger partial charge in [0.15, 0.2) is 5.82 Å². The first-order valence-corrected chi connectivity index (χ1v) is 7.08. The van der Waals surface area contributed by atoms with Crippen molar-refractivity contribution >= 4 is 39.0 Å². The van der Waals surface area contributed by atoms with E-state index in [4.69, 9.17) is 28.5 Å². The van der Waals surface area contributed by atoms with Gasteiger partial charge in [0.25, 0.3) is 10.0 Å². The van der Waals surface area contributed by atoms with Crippen LogP contribution < -0.4 is 4.72 Å². The molecule has 0 amide bonds. The summed E-state index contributed by atoms with van der Waals surface area (Å²) in [5.41, 5.74) is 0.0803. The molecule has 2 aromatic rings. The lowest BCUT2D eigenvalue weighted by Crippen LogP contribution is -2.14. The highest BCUT2D eigenvalue weighted by Gasteiger charge is 2.18. The number of H-pyrrole nitrogens is 1. The van der Waals surface area contributed by atoms with Crippen molar-refractivity contribution in [3.05, 3.63) is 40.0 Å². The van der Waals surface area contributed by atoms with E-state index in [0.29, 0.717) is 0 Å². The molecule has 1 heterocycles. The van der Waals surface area contributed by atoms with Crippen molar-refractivity contribution in [3.8, 4) is 6.07 Å². The smallest absolute Gasteiger partial charge is 0.263 e. The molecule has 0 fully saturated rings. The number of hydrogen-bond donors (Lipinski definition) is 2. The van der Waals surface area contributed by atoms with E-state index in [1.165, 1.54) is 24.4 Å². The molecule has 0 saturated heterocycles. The van der Waals surface area contributed by atoms with Gasteiger partial charge in [0, 0.05) is 10.0 Å².